The molecule has 1 aliphatic heterocycles. The van der Waals surface area contributed by atoms with Gasteiger partial charge in [-0.1, -0.05) is 37.6 Å². The Bertz CT molecular complexity index is 858. The molecule has 1 fully saturated rings. The van der Waals surface area contributed by atoms with E-state index in [-0.39, 0.29) is 11.7 Å². The Balaban J connectivity index is 1.66. The number of hydrogen-bond donors (Lipinski definition) is 1. The van der Waals surface area contributed by atoms with E-state index < -0.39 is 0 Å². The molecule has 0 saturated carbocycles. The zero-order valence-corrected chi connectivity index (χ0v) is 18.6. The van der Waals surface area contributed by atoms with Crippen LogP contribution in [0, 0.1) is 5.92 Å². The van der Waals surface area contributed by atoms with Gasteiger partial charge in [0.1, 0.15) is 5.75 Å². The topological polar surface area (TPSA) is 59.0 Å². The minimum absolute atomic E-state index is 0.0481. The molecule has 1 N–H and O–H groups in total. The van der Waals surface area contributed by atoms with Gasteiger partial charge in [0.2, 0.25) is 0 Å². The van der Waals surface area contributed by atoms with Gasteiger partial charge in [-0.25, -0.2) is 0 Å². The number of aromatic hydroxyl groups is 1. The molecule has 30 heavy (non-hydrogen) atoms. The van der Waals surface area contributed by atoms with Crippen LogP contribution in [-0.2, 0) is 0 Å². The highest BCUT2D eigenvalue weighted by Crippen LogP contribution is 2.37. The molecule has 6 heteroatoms. The number of ether oxygens (including phenoxy) is 2. The maximum atomic E-state index is 13.1. The molecule has 1 heterocycles. The highest BCUT2D eigenvalue weighted by Gasteiger charge is 2.26. The summed E-state index contributed by atoms with van der Waals surface area (Å²) in [6, 6.07) is 10.7. The number of amides is 1. The lowest BCUT2D eigenvalue weighted by Crippen LogP contribution is -2.37. The Morgan fingerprint density at radius 3 is 2.47 bits per heavy atom. The van der Waals surface area contributed by atoms with Gasteiger partial charge in [-0.3, -0.25) is 4.79 Å². The summed E-state index contributed by atoms with van der Waals surface area (Å²) in [4.78, 5) is 14.9. The van der Waals surface area contributed by atoms with Crippen LogP contribution < -0.4 is 9.47 Å². The Labute approximate surface area is 183 Å². The fourth-order valence-corrected chi connectivity index (χ4v) is 3.99. The number of piperidine rings is 1. The highest BCUT2D eigenvalue weighted by atomic mass is 35.5. The van der Waals surface area contributed by atoms with Gasteiger partial charge in [0.05, 0.1) is 18.7 Å². The van der Waals surface area contributed by atoms with Crippen molar-refractivity contribution in [3.8, 4) is 17.2 Å². The van der Waals surface area contributed by atoms with Crippen LogP contribution >= 0.6 is 11.6 Å². The number of phenols is 1. The van der Waals surface area contributed by atoms with Crippen LogP contribution in [0.25, 0.3) is 0 Å². The molecular weight excluding hydrogens is 402 g/mol. The SMILES string of the molecule is COc1cc(C(=O)N2CCC(c3ccc(O)cc3)CC2)cc(Cl)c1OCCC(C)C. The largest absolute Gasteiger partial charge is 0.508 e. The first-order valence-electron chi connectivity index (χ1n) is 10.5. The Morgan fingerprint density at radius 1 is 1.20 bits per heavy atom. The molecule has 1 amide bonds. The molecule has 5 nitrogen and oxygen atoms in total. The second-order valence-electron chi connectivity index (χ2n) is 8.18. The molecule has 0 aliphatic carbocycles. The lowest BCUT2D eigenvalue weighted by atomic mass is 9.89. The van der Waals surface area contributed by atoms with Crippen LogP contribution in [0.5, 0.6) is 17.2 Å². The summed E-state index contributed by atoms with van der Waals surface area (Å²) in [6.45, 7) is 6.17. The van der Waals surface area contributed by atoms with Crippen molar-refractivity contribution in [2.75, 3.05) is 26.8 Å². The molecule has 1 saturated heterocycles. The second kappa shape index (κ2) is 10.1. The summed E-state index contributed by atoms with van der Waals surface area (Å²) in [5, 5.41) is 9.86. The van der Waals surface area contributed by atoms with E-state index in [1.54, 1.807) is 31.4 Å². The van der Waals surface area contributed by atoms with Crippen LogP contribution in [0.15, 0.2) is 36.4 Å². The second-order valence-corrected chi connectivity index (χ2v) is 8.59. The average Bonchev–Trinajstić information content (AvgIpc) is 2.74. The van der Waals surface area contributed by atoms with Crippen molar-refractivity contribution in [3.05, 3.63) is 52.5 Å². The molecule has 0 bridgehead atoms. The van der Waals surface area contributed by atoms with E-state index in [2.05, 4.69) is 13.8 Å². The summed E-state index contributed by atoms with van der Waals surface area (Å²) in [6.07, 6.45) is 2.69. The maximum Gasteiger partial charge on any atom is 0.254 e. The number of carbonyl (C=O) groups excluding carboxylic acids is 1. The van der Waals surface area contributed by atoms with Crippen molar-refractivity contribution in [2.45, 2.75) is 39.0 Å². The number of likely N-dealkylation sites (tertiary alicyclic amines) is 1. The predicted molar refractivity (Wildman–Crippen MR) is 119 cm³/mol. The Kier molecular flexibility index (Phi) is 7.48. The first-order chi connectivity index (χ1) is 14.4. The highest BCUT2D eigenvalue weighted by molar-refractivity contribution is 6.32. The molecular formula is C24H30ClNO4. The normalized spacial score (nSPS) is 14.8. The zero-order chi connectivity index (χ0) is 21.7. The van der Waals surface area contributed by atoms with Gasteiger partial charge in [-0.2, -0.15) is 0 Å². The van der Waals surface area contributed by atoms with Crippen LogP contribution in [-0.4, -0.2) is 42.7 Å². The zero-order valence-electron chi connectivity index (χ0n) is 17.9. The summed E-state index contributed by atoms with van der Waals surface area (Å²) in [5.74, 6) is 2.11. The third-order valence-electron chi connectivity index (χ3n) is 5.56. The molecule has 1 aliphatic rings. The van der Waals surface area contributed by atoms with E-state index in [1.165, 1.54) is 5.56 Å². The van der Waals surface area contributed by atoms with Gasteiger partial charge in [-0.05, 0) is 60.9 Å². The van der Waals surface area contributed by atoms with Crippen molar-refractivity contribution in [2.24, 2.45) is 5.92 Å². The monoisotopic (exact) mass is 431 g/mol. The predicted octanol–water partition coefficient (Wildman–Crippen LogP) is 5.50. The molecule has 0 radical (unpaired) electrons. The minimum Gasteiger partial charge on any atom is -0.508 e. The van der Waals surface area contributed by atoms with Crippen LogP contribution in [0.2, 0.25) is 5.02 Å². The smallest absolute Gasteiger partial charge is 0.254 e. The van der Waals surface area contributed by atoms with E-state index in [4.69, 9.17) is 21.1 Å². The number of rotatable bonds is 7. The van der Waals surface area contributed by atoms with Crippen molar-refractivity contribution in [1.82, 2.24) is 4.90 Å². The van der Waals surface area contributed by atoms with E-state index in [0.29, 0.717) is 53.6 Å². The van der Waals surface area contributed by atoms with Gasteiger partial charge in [-0.15, -0.1) is 0 Å². The summed E-state index contributed by atoms with van der Waals surface area (Å²) in [7, 11) is 1.55. The summed E-state index contributed by atoms with van der Waals surface area (Å²) < 4.78 is 11.3. The van der Waals surface area contributed by atoms with Crippen molar-refractivity contribution in [1.29, 1.82) is 0 Å². The molecule has 2 aromatic carbocycles. The van der Waals surface area contributed by atoms with E-state index in [1.807, 2.05) is 17.0 Å². The fraction of sp³-hybridized carbons (Fsp3) is 0.458. The molecule has 0 spiro atoms. The molecule has 0 atom stereocenters. The summed E-state index contributed by atoms with van der Waals surface area (Å²) >= 11 is 6.43. The molecule has 0 unspecified atom stereocenters. The van der Waals surface area contributed by atoms with Crippen molar-refractivity contribution >= 4 is 17.5 Å². The quantitative estimate of drug-likeness (QED) is 0.628. The molecule has 0 aromatic heterocycles. The molecule has 2 aromatic rings. The van der Waals surface area contributed by atoms with Gasteiger partial charge in [0.25, 0.3) is 5.91 Å². The van der Waals surface area contributed by atoms with Gasteiger partial charge in [0.15, 0.2) is 11.5 Å². The van der Waals surface area contributed by atoms with Crippen molar-refractivity contribution < 1.29 is 19.4 Å². The van der Waals surface area contributed by atoms with E-state index in [0.717, 1.165) is 19.3 Å². The number of nitrogens with zero attached hydrogens (tertiary/aromatic N) is 1. The lowest BCUT2D eigenvalue weighted by molar-refractivity contribution is 0.0712. The number of hydrogen-bond acceptors (Lipinski definition) is 4. The van der Waals surface area contributed by atoms with Gasteiger partial charge < -0.3 is 19.5 Å². The lowest BCUT2D eigenvalue weighted by Gasteiger charge is -2.32. The number of phenolic OH excluding ortho intramolecular Hbond substituents is 1. The van der Waals surface area contributed by atoms with Gasteiger partial charge in [0, 0.05) is 18.7 Å². The first-order valence-corrected chi connectivity index (χ1v) is 10.9. The number of methoxy groups -OCH3 is 1. The first kappa shape index (κ1) is 22.3. The third kappa shape index (κ3) is 5.39. The Morgan fingerprint density at radius 2 is 1.87 bits per heavy atom. The third-order valence-corrected chi connectivity index (χ3v) is 5.85. The van der Waals surface area contributed by atoms with E-state index >= 15 is 0 Å². The van der Waals surface area contributed by atoms with E-state index in [9.17, 15) is 9.90 Å². The Hall–Kier alpha value is -2.40. The number of benzene rings is 2. The number of halogens is 1. The average molecular weight is 432 g/mol. The number of carbonyl (C=O) groups is 1. The molecule has 162 valence electrons. The van der Waals surface area contributed by atoms with Gasteiger partial charge >= 0.3 is 0 Å². The van der Waals surface area contributed by atoms with Crippen LogP contribution in [0.4, 0.5) is 0 Å². The standard InChI is InChI=1S/C24H30ClNO4/c1-16(2)10-13-30-23-21(25)14-19(15-22(23)29-3)24(28)26-11-8-18(9-12-26)17-4-6-20(27)7-5-17/h4-7,14-16,18,27H,8-13H2,1-3H3. The summed E-state index contributed by atoms with van der Waals surface area (Å²) in [5.41, 5.74) is 1.71. The van der Waals surface area contributed by atoms with Crippen molar-refractivity contribution in [3.63, 3.8) is 0 Å². The fourth-order valence-electron chi connectivity index (χ4n) is 3.73. The maximum absolute atomic E-state index is 13.1. The minimum atomic E-state index is -0.0481. The molecule has 3 rings (SSSR count). The van der Waals surface area contributed by atoms with Crippen LogP contribution in [0.1, 0.15) is 54.9 Å². The van der Waals surface area contributed by atoms with Crippen LogP contribution in [0.3, 0.4) is 0 Å².